The van der Waals surface area contributed by atoms with Crippen molar-refractivity contribution in [3.05, 3.63) is 29.6 Å². The average molecular weight is 199 g/mol. The van der Waals surface area contributed by atoms with Crippen LogP contribution in [0.4, 0.5) is 4.39 Å². The predicted octanol–water partition coefficient (Wildman–Crippen LogP) is 1.00. The molecular weight excluding hydrogens is 185 g/mol. The van der Waals surface area contributed by atoms with Gasteiger partial charge in [0.05, 0.1) is 19.3 Å². The molecule has 1 aromatic carbocycles. The number of aliphatic hydroxyl groups is 1. The van der Waals surface area contributed by atoms with Gasteiger partial charge in [0, 0.05) is 11.6 Å². The van der Waals surface area contributed by atoms with Gasteiger partial charge in [-0.05, 0) is 13.0 Å². The van der Waals surface area contributed by atoms with Crippen molar-refractivity contribution in [2.75, 3.05) is 13.7 Å². The van der Waals surface area contributed by atoms with Crippen molar-refractivity contribution in [1.29, 1.82) is 0 Å². The number of hydrogen-bond donors (Lipinski definition) is 2. The molecular formula is C10H14FNO2. The van der Waals surface area contributed by atoms with Crippen LogP contribution in [0.2, 0.25) is 0 Å². The summed E-state index contributed by atoms with van der Waals surface area (Å²) in [6.07, 6.45) is 0. The molecule has 0 radical (unpaired) electrons. The zero-order chi connectivity index (χ0) is 10.8. The van der Waals surface area contributed by atoms with E-state index in [2.05, 4.69) is 0 Å². The van der Waals surface area contributed by atoms with Crippen LogP contribution in [0, 0.1) is 5.82 Å². The fraction of sp³-hybridized carbons (Fsp3) is 0.400. The Balaban J connectivity index is 3.12. The summed E-state index contributed by atoms with van der Waals surface area (Å²) in [5.74, 6) is -0.0385. The summed E-state index contributed by atoms with van der Waals surface area (Å²) < 4.78 is 18.3. The van der Waals surface area contributed by atoms with Crippen molar-refractivity contribution in [2.24, 2.45) is 5.73 Å². The number of aliphatic hydroxyl groups excluding tert-OH is 1. The molecule has 0 bridgehead atoms. The van der Waals surface area contributed by atoms with E-state index in [1.54, 1.807) is 13.0 Å². The molecule has 0 fully saturated rings. The van der Waals surface area contributed by atoms with Gasteiger partial charge in [-0.25, -0.2) is 4.39 Å². The Morgan fingerprint density at radius 1 is 1.57 bits per heavy atom. The van der Waals surface area contributed by atoms with Crippen LogP contribution in [-0.4, -0.2) is 18.8 Å². The molecule has 0 unspecified atom stereocenters. The Bertz CT molecular complexity index is 326. The van der Waals surface area contributed by atoms with E-state index in [1.165, 1.54) is 19.2 Å². The Morgan fingerprint density at radius 2 is 2.21 bits per heavy atom. The minimum Gasteiger partial charge on any atom is -0.497 e. The monoisotopic (exact) mass is 199 g/mol. The van der Waals surface area contributed by atoms with Crippen LogP contribution in [0.1, 0.15) is 12.5 Å². The van der Waals surface area contributed by atoms with Gasteiger partial charge in [-0.3, -0.25) is 0 Å². The van der Waals surface area contributed by atoms with Gasteiger partial charge in [0.15, 0.2) is 0 Å². The Morgan fingerprint density at radius 3 is 2.64 bits per heavy atom. The van der Waals surface area contributed by atoms with Gasteiger partial charge < -0.3 is 15.6 Å². The van der Waals surface area contributed by atoms with E-state index in [9.17, 15) is 4.39 Å². The fourth-order valence-electron chi connectivity index (χ4n) is 1.17. The third kappa shape index (κ3) is 2.02. The molecule has 3 N–H and O–H groups in total. The maximum Gasteiger partial charge on any atom is 0.132 e. The molecule has 0 spiro atoms. The molecule has 4 heteroatoms. The molecule has 14 heavy (non-hydrogen) atoms. The largest absolute Gasteiger partial charge is 0.497 e. The number of halogens is 1. The van der Waals surface area contributed by atoms with Gasteiger partial charge in [0.1, 0.15) is 11.6 Å². The van der Waals surface area contributed by atoms with E-state index in [0.29, 0.717) is 5.75 Å². The quantitative estimate of drug-likeness (QED) is 0.763. The number of benzene rings is 1. The van der Waals surface area contributed by atoms with E-state index in [-0.39, 0.29) is 12.2 Å². The second-order valence-corrected chi connectivity index (χ2v) is 3.42. The van der Waals surface area contributed by atoms with Crippen molar-refractivity contribution in [3.8, 4) is 5.75 Å². The summed E-state index contributed by atoms with van der Waals surface area (Å²) in [5, 5.41) is 8.98. The summed E-state index contributed by atoms with van der Waals surface area (Å²) >= 11 is 0. The first kappa shape index (κ1) is 10.9. The van der Waals surface area contributed by atoms with Crippen LogP contribution in [0.3, 0.4) is 0 Å². The standard InChI is InChI=1S/C10H14FNO2/c1-10(12,6-13)8-4-3-7(14-2)5-9(8)11/h3-5,13H,6,12H2,1-2H3/t10-/m0/s1. The summed E-state index contributed by atoms with van der Waals surface area (Å²) in [4.78, 5) is 0. The maximum atomic E-state index is 13.4. The molecule has 0 amide bonds. The van der Waals surface area contributed by atoms with Crippen molar-refractivity contribution in [1.82, 2.24) is 0 Å². The fourth-order valence-corrected chi connectivity index (χ4v) is 1.17. The van der Waals surface area contributed by atoms with E-state index in [0.717, 1.165) is 0 Å². The van der Waals surface area contributed by atoms with Crippen LogP contribution in [0.25, 0.3) is 0 Å². The number of nitrogens with two attached hydrogens (primary N) is 1. The first-order valence-electron chi connectivity index (χ1n) is 4.25. The Labute approximate surface area is 82.3 Å². The molecule has 1 aromatic rings. The van der Waals surface area contributed by atoms with Crippen LogP contribution in [-0.2, 0) is 5.54 Å². The van der Waals surface area contributed by atoms with Gasteiger partial charge in [0.2, 0.25) is 0 Å². The van der Waals surface area contributed by atoms with Gasteiger partial charge >= 0.3 is 0 Å². The second-order valence-electron chi connectivity index (χ2n) is 3.42. The highest BCUT2D eigenvalue weighted by atomic mass is 19.1. The zero-order valence-electron chi connectivity index (χ0n) is 8.25. The number of rotatable bonds is 3. The lowest BCUT2D eigenvalue weighted by Gasteiger charge is -2.22. The molecule has 1 atom stereocenters. The summed E-state index contributed by atoms with van der Waals surface area (Å²) in [7, 11) is 1.46. The third-order valence-electron chi connectivity index (χ3n) is 2.12. The maximum absolute atomic E-state index is 13.4. The molecule has 3 nitrogen and oxygen atoms in total. The molecule has 0 heterocycles. The van der Waals surface area contributed by atoms with Gasteiger partial charge in [-0.1, -0.05) is 6.07 Å². The lowest BCUT2D eigenvalue weighted by molar-refractivity contribution is 0.206. The molecule has 0 aliphatic heterocycles. The van der Waals surface area contributed by atoms with Crippen LogP contribution < -0.4 is 10.5 Å². The van der Waals surface area contributed by atoms with E-state index in [1.807, 2.05) is 0 Å². The first-order chi connectivity index (χ1) is 6.51. The van der Waals surface area contributed by atoms with Crippen molar-refractivity contribution < 1.29 is 14.2 Å². The number of hydrogen-bond acceptors (Lipinski definition) is 3. The minimum atomic E-state index is -1.06. The van der Waals surface area contributed by atoms with E-state index >= 15 is 0 Å². The van der Waals surface area contributed by atoms with Gasteiger partial charge in [0.25, 0.3) is 0 Å². The molecule has 0 aliphatic rings. The highest BCUT2D eigenvalue weighted by Crippen LogP contribution is 2.24. The Hall–Kier alpha value is -1.13. The van der Waals surface area contributed by atoms with Crippen LogP contribution >= 0.6 is 0 Å². The van der Waals surface area contributed by atoms with Crippen LogP contribution in [0.5, 0.6) is 5.75 Å². The molecule has 0 aromatic heterocycles. The minimum absolute atomic E-state index is 0.279. The van der Waals surface area contributed by atoms with Crippen LogP contribution in [0.15, 0.2) is 18.2 Å². The molecule has 0 saturated carbocycles. The van der Waals surface area contributed by atoms with Crippen molar-refractivity contribution in [3.63, 3.8) is 0 Å². The molecule has 0 saturated heterocycles. The van der Waals surface area contributed by atoms with Gasteiger partial charge in [-0.15, -0.1) is 0 Å². The first-order valence-corrected chi connectivity index (χ1v) is 4.25. The molecule has 78 valence electrons. The lowest BCUT2D eigenvalue weighted by atomic mass is 9.94. The zero-order valence-corrected chi connectivity index (χ0v) is 8.25. The number of methoxy groups -OCH3 is 1. The van der Waals surface area contributed by atoms with Crippen molar-refractivity contribution in [2.45, 2.75) is 12.5 Å². The third-order valence-corrected chi connectivity index (χ3v) is 2.12. The van der Waals surface area contributed by atoms with Crippen molar-refractivity contribution >= 4 is 0 Å². The second kappa shape index (κ2) is 3.94. The van der Waals surface area contributed by atoms with E-state index in [4.69, 9.17) is 15.6 Å². The summed E-state index contributed by atoms with van der Waals surface area (Å²) in [5.41, 5.74) is 4.92. The molecule has 1 rings (SSSR count). The lowest BCUT2D eigenvalue weighted by Crippen LogP contribution is -2.37. The average Bonchev–Trinajstić information content (AvgIpc) is 2.17. The summed E-state index contributed by atoms with van der Waals surface area (Å²) in [6, 6.07) is 4.37. The smallest absolute Gasteiger partial charge is 0.132 e. The normalized spacial score (nSPS) is 14.9. The SMILES string of the molecule is COc1ccc([C@@](C)(N)CO)c(F)c1. The van der Waals surface area contributed by atoms with Gasteiger partial charge in [-0.2, -0.15) is 0 Å². The highest BCUT2D eigenvalue weighted by molar-refractivity contribution is 5.32. The molecule has 0 aliphatic carbocycles. The highest BCUT2D eigenvalue weighted by Gasteiger charge is 2.23. The topological polar surface area (TPSA) is 55.5 Å². The Kier molecular flexibility index (Phi) is 3.08. The summed E-state index contributed by atoms with van der Waals surface area (Å²) in [6.45, 7) is 1.26. The number of ether oxygens (including phenoxy) is 1. The predicted molar refractivity (Wildman–Crippen MR) is 51.6 cm³/mol. The van der Waals surface area contributed by atoms with E-state index < -0.39 is 11.4 Å².